The lowest BCUT2D eigenvalue weighted by Gasteiger charge is -2.44. The Balaban J connectivity index is 1.59. The standard InChI is InChI=1S/C22H41N3Si/c1-23-26(4,5)22-20-18(14-10-6-8-12-16(14)24(20)2)19-15-11-7-9-13-17(15)25(3)21(19)22/h14-23H,6-13H2,1-5H3. The molecule has 8 atom stereocenters. The van der Waals surface area contributed by atoms with Gasteiger partial charge in [-0.15, -0.1) is 0 Å². The van der Waals surface area contributed by atoms with E-state index in [-0.39, 0.29) is 0 Å². The van der Waals surface area contributed by atoms with Gasteiger partial charge >= 0.3 is 0 Å². The van der Waals surface area contributed by atoms with Gasteiger partial charge in [-0.2, -0.15) is 0 Å². The third-order valence-electron chi connectivity index (χ3n) is 9.99. The van der Waals surface area contributed by atoms with E-state index in [1.807, 2.05) is 0 Å². The zero-order chi connectivity index (χ0) is 18.2. The van der Waals surface area contributed by atoms with Crippen molar-refractivity contribution in [1.82, 2.24) is 14.8 Å². The topological polar surface area (TPSA) is 18.5 Å². The smallest absolute Gasteiger partial charge is 0.125 e. The van der Waals surface area contributed by atoms with E-state index in [1.54, 1.807) is 0 Å². The fraction of sp³-hybridized carbons (Fsp3) is 1.00. The Labute approximate surface area is 162 Å². The van der Waals surface area contributed by atoms with Crippen molar-refractivity contribution in [2.45, 2.75) is 94.2 Å². The van der Waals surface area contributed by atoms with E-state index >= 15 is 0 Å². The highest BCUT2D eigenvalue weighted by atomic mass is 28.3. The van der Waals surface area contributed by atoms with Crippen LogP contribution in [0.15, 0.2) is 0 Å². The highest BCUT2D eigenvalue weighted by Crippen LogP contribution is 2.65. The molecule has 3 aliphatic carbocycles. The van der Waals surface area contributed by atoms with Gasteiger partial charge in [0.2, 0.25) is 0 Å². The van der Waals surface area contributed by atoms with Crippen molar-refractivity contribution >= 4 is 8.24 Å². The van der Waals surface area contributed by atoms with Gasteiger partial charge in [-0.3, -0.25) is 9.80 Å². The van der Waals surface area contributed by atoms with Gasteiger partial charge in [-0.05, 0) is 76.0 Å². The SMILES string of the molecule is CN[Si](C)(C)C1C2C(C3CCCCC3N2C)C2C3CCCCC3N(C)C21. The molecule has 0 aromatic carbocycles. The lowest BCUT2D eigenvalue weighted by atomic mass is 9.68. The van der Waals surface area contributed by atoms with E-state index in [9.17, 15) is 0 Å². The van der Waals surface area contributed by atoms with Crippen LogP contribution in [0.4, 0.5) is 0 Å². The zero-order valence-electron chi connectivity index (χ0n) is 17.7. The van der Waals surface area contributed by atoms with Crippen LogP contribution in [0.3, 0.4) is 0 Å². The molecule has 8 unspecified atom stereocenters. The Morgan fingerprint density at radius 2 is 1.15 bits per heavy atom. The van der Waals surface area contributed by atoms with E-state index in [1.165, 1.54) is 51.4 Å². The van der Waals surface area contributed by atoms with Crippen molar-refractivity contribution < 1.29 is 0 Å². The molecule has 2 heterocycles. The Bertz CT molecular complexity index is 512. The Morgan fingerprint density at radius 3 is 1.58 bits per heavy atom. The summed E-state index contributed by atoms with van der Waals surface area (Å²) >= 11 is 0. The second-order valence-corrected chi connectivity index (χ2v) is 15.6. The molecular weight excluding hydrogens is 334 g/mol. The predicted molar refractivity (Wildman–Crippen MR) is 112 cm³/mol. The summed E-state index contributed by atoms with van der Waals surface area (Å²) in [6.45, 7) is 5.26. The first-order valence-corrected chi connectivity index (χ1v) is 14.7. The van der Waals surface area contributed by atoms with Crippen molar-refractivity contribution in [2.75, 3.05) is 21.1 Å². The van der Waals surface area contributed by atoms with E-state index in [4.69, 9.17) is 0 Å². The molecule has 5 fully saturated rings. The van der Waals surface area contributed by atoms with Crippen LogP contribution >= 0.6 is 0 Å². The molecule has 148 valence electrons. The Morgan fingerprint density at radius 1 is 0.731 bits per heavy atom. The monoisotopic (exact) mass is 375 g/mol. The summed E-state index contributed by atoms with van der Waals surface area (Å²) < 4.78 is 0. The second-order valence-electron chi connectivity index (χ2n) is 11.0. The van der Waals surface area contributed by atoms with Gasteiger partial charge in [0.1, 0.15) is 8.24 Å². The molecule has 0 spiro atoms. The lowest BCUT2D eigenvalue weighted by molar-refractivity contribution is 0.144. The molecule has 0 aromatic heterocycles. The maximum absolute atomic E-state index is 3.90. The van der Waals surface area contributed by atoms with Crippen LogP contribution < -0.4 is 4.98 Å². The average molecular weight is 376 g/mol. The van der Waals surface area contributed by atoms with Crippen molar-refractivity contribution in [3.05, 3.63) is 0 Å². The molecule has 5 aliphatic rings. The largest absolute Gasteiger partial charge is 0.340 e. The minimum Gasteiger partial charge on any atom is -0.340 e. The first kappa shape index (κ1) is 18.1. The lowest BCUT2D eigenvalue weighted by Crippen LogP contribution is -2.57. The summed E-state index contributed by atoms with van der Waals surface area (Å²) in [4.78, 5) is 9.75. The van der Waals surface area contributed by atoms with Gasteiger partial charge in [-0.1, -0.05) is 38.8 Å². The van der Waals surface area contributed by atoms with E-state index in [0.717, 1.165) is 53.4 Å². The molecule has 3 nitrogen and oxygen atoms in total. The molecule has 1 N–H and O–H groups in total. The van der Waals surface area contributed by atoms with Gasteiger partial charge < -0.3 is 4.98 Å². The minimum atomic E-state index is -1.46. The number of hydrogen-bond acceptors (Lipinski definition) is 3. The summed E-state index contributed by atoms with van der Waals surface area (Å²) in [7, 11) is 5.83. The third-order valence-corrected chi connectivity index (χ3v) is 13.6. The summed E-state index contributed by atoms with van der Waals surface area (Å²) in [5, 5.41) is 0. The highest BCUT2D eigenvalue weighted by Gasteiger charge is 2.69. The van der Waals surface area contributed by atoms with Crippen LogP contribution in [0.2, 0.25) is 18.6 Å². The van der Waals surface area contributed by atoms with Crippen LogP contribution in [-0.2, 0) is 0 Å². The number of rotatable bonds is 2. The molecule has 2 aliphatic heterocycles. The summed E-state index contributed by atoms with van der Waals surface area (Å²) in [5.74, 6) is 4.01. The predicted octanol–water partition coefficient (Wildman–Crippen LogP) is 3.77. The molecule has 3 saturated carbocycles. The maximum atomic E-state index is 3.90. The van der Waals surface area contributed by atoms with Gasteiger partial charge in [-0.25, -0.2) is 0 Å². The fourth-order valence-corrected chi connectivity index (χ4v) is 11.9. The van der Waals surface area contributed by atoms with Crippen LogP contribution in [0.25, 0.3) is 0 Å². The van der Waals surface area contributed by atoms with Crippen LogP contribution in [-0.4, -0.2) is 63.3 Å². The van der Waals surface area contributed by atoms with Gasteiger partial charge in [0.25, 0.3) is 0 Å². The summed E-state index contributed by atoms with van der Waals surface area (Å²) in [6, 6.07) is 3.52. The van der Waals surface area contributed by atoms with Gasteiger partial charge in [0.05, 0.1) is 0 Å². The first-order valence-electron chi connectivity index (χ1n) is 11.6. The molecule has 4 heteroatoms. The summed E-state index contributed by atoms with van der Waals surface area (Å²) in [6.07, 6.45) is 11.9. The number of nitrogens with zero attached hydrogens (tertiary/aromatic N) is 2. The van der Waals surface area contributed by atoms with Gasteiger partial charge in [0, 0.05) is 24.2 Å². The third kappa shape index (κ3) is 2.28. The van der Waals surface area contributed by atoms with Crippen molar-refractivity contribution in [3.8, 4) is 0 Å². The average Bonchev–Trinajstić information content (AvgIpc) is 3.24. The Kier molecular flexibility index (Phi) is 4.40. The van der Waals surface area contributed by atoms with Gasteiger partial charge in [0.15, 0.2) is 0 Å². The fourth-order valence-electron chi connectivity index (χ4n) is 8.92. The van der Waals surface area contributed by atoms with E-state index in [0.29, 0.717) is 0 Å². The van der Waals surface area contributed by atoms with E-state index < -0.39 is 8.24 Å². The number of hydrogen-bond donors (Lipinski definition) is 1. The second kappa shape index (κ2) is 6.30. The minimum absolute atomic E-state index is 0.859. The van der Waals surface area contributed by atoms with Crippen LogP contribution in [0.1, 0.15) is 51.4 Å². The number of nitrogens with one attached hydrogen (secondary N) is 1. The summed E-state index contributed by atoms with van der Waals surface area (Å²) in [5.41, 5.74) is 0.897. The van der Waals surface area contributed by atoms with E-state index in [2.05, 4.69) is 49.0 Å². The molecule has 2 saturated heterocycles. The number of likely N-dealkylation sites (tertiary alicyclic amines) is 2. The van der Waals surface area contributed by atoms with Crippen molar-refractivity contribution in [1.29, 1.82) is 0 Å². The maximum Gasteiger partial charge on any atom is 0.125 e. The van der Waals surface area contributed by atoms with Crippen LogP contribution in [0.5, 0.6) is 0 Å². The quantitative estimate of drug-likeness (QED) is 0.741. The molecule has 26 heavy (non-hydrogen) atoms. The molecule has 0 amide bonds. The Hall–Kier alpha value is 0.0969. The highest BCUT2D eigenvalue weighted by molar-refractivity contribution is 6.76. The van der Waals surface area contributed by atoms with Crippen LogP contribution in [0, 0.1) is 23.7 Å². The molecule has 0 aromatic rings. The number of fused-ring (bicyclic) bond motifs is 7. The van der Waals surface area contributed by atoms with Crippen molar-refractivity contribution in [2.24, 2.45) is 23.7 Å². The molecule has 0 bridgehead atoms. The molecular formula is C22H41N3Si. The zero-order valence-corrected chi connectivity index (χ0v) is 18.7. The first-order chi connectivity index (χ1) is 12.5. The molecule has 5 rings (SSSR count). The molecule has 0 radical (unpaired) electrons. The van der Waals surface area contributed by atoms with Crippen molar-refractivity contribution in [3.63, 3.8) is 0 Å². The normalized spacial score (nSPS) is 51.8.